The van der Waals surface area contributed by atoms with Crippen LogP contribution in [0.15, 0.2) is 11.8 Å². The summed E-state index contributed by atoms with van der Waals surface area (Å²) in [5, 5.41) is 11.0. The van der Waals surface area contributed by atoms with Gasteiger partial charge in [0.25, 0.3) is 0 Å². The first-order valence-electron chi connectivity index (χ1n) is 4.68. The van der Waals surface area contributed by atoms with Crippen LogP contribution in [0, 0.1) is 0 Å². The molecule has 0 spiro atoms. The van der Waals surface area contributed by atoms with E-state index in [2.05, 4.69) is 5.32 Å². The van der Waals surface area contributed by atoms with Crippen LogP contribution < -0.4 is 5.32 Å². The lowest BCUT2D eigenvalue weighted by atomic mass is 10.3. The summed E-state index contributed by atoms with van der Waals surface area (Å²) in [7, 11) is -1.52. The molecule has 0 radical (unpaired) electrons. The van der Waals surface area contributed by atoms with Crippen molar-refractivity contribution in [3.05, 3.63) is 11.8 Å². The van der Waals surface area contributed by atoms with E-state index in [-0.39, 0.29) is 18.3 Å². The molecule has 0 heterocycles. The maximum Gasteiger partial charge on any atom is 0.352 e. The number of hydrogen-bond donors (Lipinski definition) is 2. The van der Waals surface area contributed by atoms with Gasteiger partial charge in [-0.2, -0.15) is 0 Å². The number of carbonyl (C=O) groups is 2. The Morgan fingerprint density at radius 2 is 2.06 bits per heavy atom. The van der Waals surface area contributed by atoms with Gasteiger partial charge in [-0.1, -0.05) is 6.92 Å². The van der Waals surface area contributed by atoms with Gasteiger partial charge in [0, 0.05) is 26.4 Å². The molecule has 0 aromatic carbocycles. The molecule has 1 amide bonds. The highest BCUT2D eigenvalue weighted by molar-refractivity contribution is 7.58. The van der Waals surface area contributed by atoms with Crippen LogP contribution in [0.25, 0.3) is 0 Å². The van der Waals surface area contributed by atoms with Crippen LogP contribution in [0.4, 0.5) is 0 Å². The maximum atomic E-state index is 11.5. The lowest BCUT2D eigenvalue weighted by Crippen LogP contribution is -2.26. The van der Waals surface area contributed by atoms with Crippen molar-refractivity contribution in [2.24, 2.45) is 0 Å². The lowest BCUT2D eigenvalue weighted by molar-refractivity contribution is -0.134. The van der Waals surface area contributed by atoms with Crippen LogP contribution in [-0.2, 0) is 18.7 Å². The van der Waals surface area contributed by atoms with Gasteiger partial charge in [0.15, 0.2) is 0 Å². The number of hydrogen-bond acceptors (Lipinski definition) is 4. The van der Waals surface area contributed by atoms with Gasteiger partial charge in [-0.25, -0.2) is 4.79 Å². The molecular formula is C9H16NO5P. The van der Waals surface area contributed by atoms with E-state index < -0.39 is 19.2 Å². The number of amides is 1. The van der Waals surface area contributed by atoms with E-state index in [1.54, 1.807) is 6.92 Å². The molecule has 6 nitrogen and oxygen atoms in total. The van der Waals surface area contributed by atoms with Crippen LogP contribution in [0.3, 0.4) is 0 Å². The Bertz CT molecular complexity index is 350. The fraction of sp³-hybridized carbons (Fsp3) is 0.556. The summed E-state index contributed by atoms with van der Waals surface area (Å²) < 4.78 is 16.2. The summed E-state index contributed by atoms with van der Waals surface area (Å²) in [6.07, 6.45) is 1.34. The SMILES string of the molecule is CCC(=O)NC(=CCP(C)(=O)OC)C(=O)O. The number of aliphatic carboxylic acids is 1. The zero-order chi connectivity index (χ0) is 12.8. The standard InChI is InChI=1S/C9H16NO5P/c1-4-8(11)10-7(9(12)13)5-6-16(3,14)15-2/h5H,4,6H2,1-3H3,(H,10,11)(H,12,13). The van der Waals surface area contributed by atoms with Crippen molar-refractivity contribution in [2.45, 2.75) is 13.3 Å². The fourth-order valence-electron chi connectivity index (χ4n) is 0.762. The zero-order valence-electron chi connectivity index (χ0n) is 9.52. The molecule has 1 atom stereocenters. The number of allylic oxidation sites excluding steroid dienone is 1. The van der Waals surface area contributed by atoms with Gasteiger partial charge in [-0.3, -0.25) is 9.36 Å². The third kappa shape index (κ3) is 5.68. The summed E-state index contributed by atoms with van der Waals surface area (Å²) in [6, 6.07) is 0. The van der Waals surface area contributed by atoms with Gasteiger partial charge in [-0.15, -0.1) is 0 Å². The maximum absolute atomic E-state index is 11.5. The van der Waals surface area contributed by atoms with E-state index >= 15 is 0 Å². The highest BCUT2D eigenvalue weighted by atomic mass is 31.2. The Morgan fingerprint density at radius 1 is 1.50 bits per heavy atom. The van der Waals surface area contributed by atoms with Gasteiger partial charge in [-0.05, 0) is 6.08 Å². The summed E-state index contributed by atoms with van der Waals surface area (Å²) in [6.45, 7) is 3.00. The Kier molecular flexibility index (Phi) is 6.00. The number of nitrogens with one attached hydrogen (secondary N) is 1. The monoisotopic (exact) mass is 249 g/mol. The van der Waals surface area contributed by atoms with E-state index in [1.807, 2.05) is 0 Å². The molecule has 16 heavy (non-hydrogen) atoms. The molecule has 92 valence electrons. The molecule has 0 saturated carbocycles. The highest BCUT2D eigenvalue weighted by Gasteiger charge is 2.15. The molecule has 0 aromatic rings. The van der Waals surface area contributed by atoms with Gasteiger partial charge in [0.05, 0.1) is 0 Å². The molecule has 0 aliphatic carbocycles. The quantitative estimate of drug-likeness (QED) is 0.542. The van der Waals surface area contributed by atoms with Crippen molar-refractivity contribution in [3.8, 4) is 0 Å². The minimum absolute atomic E-state index is 0.0326. The van der Waals surface area contributed by atoms with Gasteiger partial charge in [0.2, 0.25) is 13.3 Å². The third-order valence-corrected chi connectivity index (χ3v) is 3.46. The van der Waals surface area contributed by atoms with Crippen LogP contribution in [0.2, 0.25) is 0 Å². The van der Waals surface area contributed by atoms with Crippen molar-refractivity contribution in [1.29, 1.82) is 0 Å². The second kappa shape index (κ2) is 6.45. The van der Waals surface area contributed by atoms with Crippen molar-refractivity contribution in [2.75, 3.05) is 19.9 Å². The van der Waals surface area contributed by atoms with Crippen molar-refractivity contribution in [3.63, 3.8) is 0 Å². The van der Waals surface area contributed by atoms with Crippen molar-refractivity contribution >= 4 is 19.2 Å². The topological polar surface area (TPSA) is 92.7 Å². The summed E-state index contributed by atoms with van der Waals surface area (Å²) in [5.74, 6) is -1.67. The van der Waals surface area contributed by atoms with Crippen molar-refractivity contribution in [1.82, 2.24) is 5.32 Å². The molecule has 0 rings (SSSR count). The molecule has 0 aliphatic heterocycles. The van der Waals surface area contributed by atoms with E-state index in [0.29, 0.717) is 0 Å². The molecule has 7 heteroatoms. The largest absolute Gasteiger partial charge is 0.477 e. The van der Waals surface area contributed by atoms with Gasteiger partial charge >= 0.3 is 5.97 Å². The molecule has 0 saturated heterocycles. The van der Waals surface area contributed by atoms with Crippen molar-refractivity contribution < 1.29 is 23.8 Å². The number of rotatable bonds is 6. The number of carboxylic acid groups (broad SMARTS) is 1. The zero-order valence-corrected chi connectivity index (χ0v) is 10.4. The average Bonchev–Trinajstić information content (AvgIpc) is 2.23. The second-order valence-electron chi connectivity index (χ2n) is 3.20. The highest BCUT2D eigenvalue weighted by Crippen LogP contribution is 2.41. The minimum Gasteiger partial charge on any atom is -0.477 e. The van der Waals surface area contributed by atoms with Crippen LogP contribution in [-0.4, -0.2) is 36.9 Å². The van der Waals surface area contributed by atoms with E-state index in [1.165, 1.54) is 19.9 Å². The molecule has 0 aliphatic rings. The van der Waals surface area contributed by atoms with E-state index in [0.717, 1.165) is 0 Å². The average molecular weight is 249 g/mol. The van der Waals surface area contributed by atoms with Gasteiger partial charge < -0.3 is 14.9 Å². The number of carbonyl (C=O) groups excluding carboxylic acids is 1. The molecule has 0 fully saturated rings. The second-order valence-corrected chi connectivity index (χ2v) is 5.96. The molecular weight excluding hydrogens is 233 g/mol. The molecule has 2 N–H and O–H groups in total. The summed E-state index contributed by atoms with van der Waals surface area (Å²) in [4.78, 5) is 21.7. The van der Waals surface area contributed by atoms with Gasteiger partial charge in [0.1, 0.15) is 5.70 Å². The Labute approximate surface area is 94.1 Å². The van der Waals surface area contributed by atoms with Crippen LogP contribution in [0.1, 0.15) is 13.3 Å². The predicted octanol–water partition coefficient (Wildman–Crippen LogP) is 1.04. The molecule has 0 aromatic heterocycles. The number of carboxylic acids is 1. The first-order chi connectivity index (χ1) is 7.32. The Balaban J connectivity index is 4.67. The summed E-state index contributed by atoms with van der Waals surface area (Å²) in [5.41, 5.74) is -0.272. The molecule has 1 unspecified atom stereocenters. The fourth-order valence-corrected chi connectivity index (χ4v) is 1.43. The first-order valence-corrected chi connectivity index (χ1v) is 6.93. The molecule has 0 bridgehead atoms. The predicted molar refractivity (Wildman–Crippen MR) is 59.6 cm³/mol. The Hall–Kier alpha value is -1.13. The summed E-state index contributed by atoms with van der Waals surface area (Å²) >= 11 is 0. The smallest absolute Gasteiger partial charge is 0.352 e. The normalized spacial score (nSPS) is 15.3. The first kappa shape index (κ1) is 14.9. The van der Waals surface area contributed by atoms with Crippen LogP contribution in [0.5, 0.6) is 0 Å². The lowest BCUT2D eigenvalue weighted by Gasteiger charge is -2.09. The minimum atomic E-state index is -2.81. The Morgan fingerprint density at radius 3 is 2.44 bits per heavy atom. The third-order valence-electron chi connectivity index (χ3n) is 1.84. The van der Waals surface area contributed by atoms with E-state index in [4.69, 9.17) is 9.63 Å². The van der Waals surface area contributed by atoms with E-state index in [9.17, 15) is 14.2 Å². The van der Waals surface area contributed by atoms with Crippen LogP contribution >= 0.6 is 7.37 Å².